The van der Waals surface area contributed by atoms with E-state index in [2.05, 4.69) is 17.1 Å². The van der Waals surface area contributed by atoms with Gasteiger partial charge in [0.15, 0.2) is 0 Å². The van der Waals surface area contributed by atoms with Crippen LogP contribution in [-0.4, -0.2) is 36.0 Å². The van der Waals surface area contributed by atoms with E-state index >= 15 is 0 Å². The first-order valence-electron chi connectivity index (χ1n) is 7.27. The van der Waals surface area contributed by atoms with Crippen molar-refractivity contribution < 1.29 is 4.79 Å². The van der Waals surface area contributed by atoms with E-state index in [4.69, 9.17) is 0 Å². The van der Waals surface area contributed by atoms with E-state index in [0.29, 0.717) is 5.91 Å². The third kappa shape index (κ3) is 3.21. The molecule has 0 aliphatic carbocycles. The van der Waals surface area contributed by atoms with Crippen LogP contribution in [-0.2, 0) is 4.79 Å². The van der Waals surface area contributed by atoms with Crippen molar-refractivity contribution in [2.24, 2.45) is 0 Å². The van der Waals surface area contributed by atoms with E-state index in [1.165, 1.54) is 44.9 Å². The Morgan fingerprint density at radius 1 is 1.00 bits per heavy atom. The van der Waals surface area contributed by atoms with Crippen molar-refractivity contribution in [1.82, 2.24) is 10.2 Å². The second-order valence-electron chi connectivity index (χ2n) is 5.78. The lowest BCUT2D eigenvalue weighted by Gasteiger charge is -2.38. The number of rotatable bonds is 1. The summed E-state index contributed by atoms with van der Waals surface area (Å²) in [6.07, 6.45) is 9.68. The molecule has 0 saturated carbocycles. The standard InChI is InChI=1S/C14H26N2O/c1-14(9-5-6-10-15-14)13(17)16-11-7-3-2-4-8-12-16/h15H,2-12H2,1H3. The highest BCUT2D eigenvalue weighted by molar-refractivity contribution is 5.86. The fourth-order valence-corrected chi connectivity index (χ4v) is 3.04. The number of hydrogen-bond donors (Lipinski definition) is 1. The van der Waals surface area contributed by atoms with E-state index in [1.54, 1.807) is 0 Å². The molecule has 2 fully saturated rings. The Morgan fingerprint density at radius 2 is 1.65 bits per heavy atom. The molecule has 98 valence electrons. The first kappa shape index (κ1) is 12.9. The Kier molecular flexibility index (Phi) is 4.43. The summed E-state index contributed by atoms with van der Waals surface area (Å²) in [6.45, 7) is 5.02. The molecule has 1 unspecified atom stereocenters. The van der Waals surface area contributed by atoms with Gasteiger partial charge in [-0.1, -0.05) is 19.3 Å². The Hall–Kier alpha value is -0.570. The minimum absolute atomic E-state index is 0.280. The maximum absolute atomic E-state index is 12.6. The molecule has 0 aromatic heterocycles. The lowest BCUT2D eigenvalue weighted by Crippen LogP contribution is -2.58. The molecule has 0 aromatic carbocycles. The molecule has 2 aliphatic heterocycles. The van der Waals surface area contributed by atoms with Gasteiger partial charge in [0.25, 0.3) is 0 Å². The van der Waals surface area contributed by atoms with Crippen molar-refractivity contribution in [3.05, 3.63) is 0 Å². The van der Waals surface area contributed by atoms with E-state index in [0.717, 1.165) is 26.1 Å². The maximum atomic E-state index is 12.6. The van der Waals surface area contributed by atoms with Gasteiger partial charge in [-0.2, -0.15) is 0 Å². The molecule has 2 aliphatic rings. The number of nitrogens with one attached hydrogen (secondary N) is 1. The van der Waals surface area contributed by atoms with Crippen molar-refractivity contribution in [1.29, 1.82) is 0 Å². The first-order chi connectivity index (χ1) is 8.22. The van der Waals surface area contributed by atoms with Gasteiger partial charge in [-0.25, -0.2) is 0 Å². The molecule has 1 N–H and O–H groups in total. The van der Waals surface area contributed by atoms with Gasteiger partial charge in [0, 0.05) is 13.1 Å². The number of hydrogen-bond acceptors (Lipinski definition) is 2. The molecule has 1 atom stereocenters. The fourth-order valence-electron chi connectivity index (χ4n) is 3.04. The molecule has 0 radical (unpaired) electrons. The highest BCUT2D eigenvalue weighted by Gasteiger charge is 2.37. The van der Waals surface area contributed by atoms with E-state index in [1.807, 2.05) is 0 Å². The lowest BCUT2D eigenvalue weighted by atomic mass is 9.89. The number of carbonyl (C=O) groups is 1. The van der Waals surface area contributed by atoms with Crippen LogP contribution in [0.4, 0.5) is 0 Å². The SMILES string of the molecule is CC1(C(=O)N2CCCCCCC2)CCCCN1. The van der Waals surface area contributed by atoms with Crippen LogP contribution < -0.4 is 5.32 Å². The van der Waals surface area contributed by atoms with Crippen molar-refractivity contribution in [2.45, 2.75) is 63.8 Å². The zero-order valence-electron chi connectivity index (χ0n) is 11.1. The minimum Gasteiger partial charge on any atom is -0.341 e. The topological polar surface area (TPSA) is 32.3 Å². The van der Waals surface area contributed by atoms with Gasteiger partial charge in [-0.15, -0.1) is 0 Å². The molecule has 2 rings (SSSR count). The number of piperidine rings is 1. The highest BCUT2D eigenvalue weighted by atomic mass is 16.2. The second-order valence-corrected chi connectivity index (χ2v) is 5.78. The van der Waals surface area contributed by atoms with Gasteiger partial charge in [0.05, 0.1) is 5.54 Å². The van der Waals surface area contributed by atoms with E-state index in [-0.39, 0.29) is 5.54 Å². The van der Waals surface area contributed by atoms with Gasteiger partial charge in [0.2, 0.25) is 5.91 Å². The predicted octanol–water partition coefficient (Wildman–Crippen LogP) is 2.31. The Labute approximate surface area is 105 Å². The van der Waals surface area contributed by atoms with Gasteiger partial charge >= 0.3 is 0 Å². The Morgan fingerprint density at radius 3 is 2.24 bits per heavy atom. The molecular formula is C14H26N2O. The zero-order chi connectivity index (χ0) is 12.1. The molecule has 2 saturated heterocycles. The molecule has 2 heterocycles. The zero-order valence-corrected chi connectivity index (χ0v) is 11.1. The lowest BCUT2D eigenvalue weighted by molar-refractivity contribution is -0.139. The summed E-state index contributed by atoms with van der Waals surface area (Å²) in [6, 6.07) is 0. The monoisotopic (exact) mass is 238 g/mol. The largest absolute Gasteiger partial charge is 0.341 e. The second kappa shape index (κ2) is 5.85. The molecule has 1 amide bonds. The molecule has 3 nitrogen and oxygen atoms in total. The van der Waals surface area contributed by atoms with Crippen LogP contribution in [0.1, 0.15) is 58.3 Å². The van der Waals surface area contributed by atoms with Crippen molar-refractivity contribution in [3.63, 3.8) is 0 Å². The van der Waals surface area contributed by atoms with Crippen LogP contribution in [0.2, 0.25) is 0 Å². The van der Waals surface area contributed by atoms with E-state index < -0.39 is 0 Å². The number of likely N-dealkylation sites (tertiary alicyclic amines) is 1. The van der Waals surface area contributed by atoms with Gasteiger partial charge in [-0.05, 0) is 45.6 Å². The summed E-state index contributed by atoms with van der Waals surface area (Å²) in [5, 5.41) is 3.44. The summed E-state index contributed by atoms with van der Waals surface area (Å²) in [5.74, 6) is 0.346. The van der Waals surface area contributed by atoms with Gasteiger partial charge < -0.3 is 10.2 Å². The number of amides is 1. The minimum atomic E-state index is -0.280. The summed E-state index contributed by atoms with van der Waals surface area (Å²) < 4.78 is 0. The van der Waals surface area contributed by atoms with Crippen molar-refractivity contribution in [2.75, 3.05) is 19.6 Å². The average Bonchev–Trinajstić information content (AvgIpc) is 2.29. The Bertz CT molecular complexity index is 251. The normalized spacial score (nSPS) is 31.7. The molecule has 3 heteroatoms. The van der Waals surface area contributed by atoms with Crippen LogP contribution in [0.15, 0.2) is 0 Å². The summed E-state index contributed by atoms with van der Waals surface area (Å²) in [4.78, 5) is 14.7. The quantitative estimate of drug-likeness (QED) is 0.760. The van der Waals surface area contributed by atoms with Crippen molar-refractivity contribution >= 4 is 5.91 Å². The molecular weight excluding hydrogens is 212 g/mol. The first-order valence-corrected chi connectivity index (χ1v) is 7.27. The van der Waals surface area contributed by atoms with Gasteiger partial charge in [-0.3, -0.25) is 4.79 Å². The maximum Gasteiger partial charge on any atom is 0.242 e. The van der Waals surface area contributed by atoms with Crippen LogP contribution >= 0.6 is 0 Å². The Balaban J connectivity index is 1.96. The number of carbonyl (C=O) groups excluding carboxylic acids is 1. The molecule has 0 aromatic rings. The third-order valence-electron chi connectivity index (χ3n) is 4.23. The molecule has 17 heavy (non-hydrogen) atoms. The van der Waals surface area contributed by atoms with Crippen LogP contribution in [0, 0.1) is 0 Å². The fraction of sp³-hybridized carbons (Fsp3) is 0.929. The number of nitrogens with zero attached hydrogens (tertiary/aromatic N) is 1. The van der Waals surface area contributed by atoms with Crippen LogP contribution in [0.3, 0.4) is 0 Å². The smallest absolute Gasteiger partial charge is 0.242 e. The van der Waals surface area contributed by atoms with Gasteiger partial charge in [0.1, 0.15) is 0 Å². The predicted molar refractivity (Wildman–Crippen MR) is 69.9 cm³/mol. The summed E-state index contributed by atoms with van der Waals surface area (Å²) >= 11 is 0. The van der Waals surface area contributed by atoms with Crippen LogP contribution in [0.25, 0.3) is 0 Å². The average molecular weight is 238 g/mol. The summed E-state index contributed by atoms with van der Waals surface area (Å²) in [7, 11) is 0. The third-order valence-corrected chi connectivity index (χ3v) is 4.23. The van der Waals surface area contributed by atoms with Crippen molar-refractivity contribution in [3.8, 4) is 0 Å². The van der Waals surface area contributed by atoms with E-state index in [9.17, 15) is 4.79 Å². The molecule has 0 bridgehead atoms. The summed E-state index contributed by atoms with van der Waals surface area (Å²) in [5.41, 5.74) is -0.280. The highest BCUT2D eigenvalue weighted by Crippen LogP contribution is 2.22. The van der Waals surface area contributed by atoms with Crippen LogP contribution in [0.5, 0.6) is 0 Å². The molecule has 0 spiro atoms.